The van der Waals surface area contributed by atoms with Crippen molar-refractivity contribution in [3.8, 4) is 0 Å². The van der Waals surface area contributed by atoms with E-state index in [4.69, 9.17) is 18.0 Å². The molecule has 20 heavy (non-hydrogen) atoms. The summed E-state index contributed by atoms with van der Waals surface area (Å²) in [5.74, 6) is 0.879. The molecule has 0 radical (unpaired) electrons. The Bertz CT molecular complexity index is 771. The van der Waals surface area contributed by atoms with Crippen molar-refractivity contribution in [3.63, 3.8) is 0 Å². The van der Waals surface area contributed by atoms with Crippen LogP contribution in [-0.2, 0) is 20.0 Å². The van der Waals surface area contributed by atoms with Gasteiger partial charge in [-0.05, 0) is 18.2 Å². The van der Waals surface area contributed by atoms with E-state index in [2.05, 4.69) is 14.6 Å². The summed E-state index contributed by atoms with van der Waals surface area (Å²) < 4.78 is 3.92. The topological polar surface area (TPSA) is 61.7 Å². The summed E-state index contributed by atoms with van der Waals surface area (Å²) in [5, 5.41) is 4.42. The largest absolute Gasteiger partial charge is 0.393 e. The minimum Gasteiger partial charge on any atom is -0.393 e. The van der Waals surface area contributed by atoms with E-state index < -0.39 is 0 Å². The third kappa shape index (κ3) is 2.42. The molecular weight excluding hydrogens is 270 g/mol. The lowest BCUT2D eigenvalue weighted by Gasteiger charge is -2.07. The summed E-state index contributed by atoms with van der Waals surface area (Å²) >= 11 is 5.02. The van der Waals surface area contributed by atoms with Gasteiger partial charge >= 0.3 is 0 Å². The Morgan fingerprint density at radius 1 is 1.30 bits per heavy atom. The van der Waals surface area contributed by atoms with Crippen molar-refractivity contribution < 1.29 is 0 Å². The maximum Gasteiger partial charge on any atom is 0.117 e. The zero-order chi connectivity index (χ0) is 14.1. The summed E-state index contributed by atoms with van der Waals surface area (Å²) in [7, 11) is 1.91. The van der Waals surface area contributed by atoms with Gasteiger partial charge in [0.25, 0.3) is 0 Å². The standard InChI is InChI=1S/C14H15N5S/c1-18-7-6-10(17-18)9-19-12-5-3-2-4-11(12)16-14(19)8-13(15)20/h2-7H,8-9H2,1H3,(H2,15,20). The summed E-state index contributed by atoms with van der Waals surface area (Å²) in [5.41, 5.74) is 8.68. The third-order valence-electron chi connectivity index (χ3n) is 3.15. The summed E-state index contributed by atoms with van der Waals surface area (Å²) in [6.07, 6.45) is 2.43. The normalized spacial score (nSPS) is 11.1. The Hall–Kier alpha value is -2.21. The van der Waals surface area contributed by atoms with Crippen molar-refractivity contribution in [2.75, 3.05) is 0 Å². The Balaban J connectivity index is 2.08. The molecule has 0 fully saturated rings. The molecule has 3 aromatic rings. The van der Waals surface area contributed by atoms with Crippen LogP contribution in [0.5, 0.6) is 0 Å². The Kier molecular flexibility index (Phi) is 3.23. The zero-order valence-electron chi connectivity index (χ0n) is 11.2. The molecule has 0 amide bonds. The molecule has 102 valence electrons. The van der Waals surface area contributed by atoms with Crippen LogP contribution in [0.4, 0.5) is 0 Å². The minimum absolute atomic E-state index is 0.447. The van der Waals surface area contributed by atoms with E-state index in [1.54, 1.807) is 4.68 Å². The molecule has 3 rings (SSSR count). The molecule has 0 saturated heterocycles. The van der Waals surface area contributed by atoms with Crippen molar-refractivity contribution in [1.29, 1.82) is 0 Å². The molecule has 0 atom stereocenters. The SMILES string of the molecule is Cn1ccc(Cn2c(CC(N)=S)nc3ccccc32)n1. The maximum absolute atomic E-state index is 5.67. The summed E-state index contributed by atoms with van der Waals surface area (Å²) in [4.78, 5) is 5.06. The molecule has 0 aliphatic heterocycles. The van der Waals surface area contributed by atoms with Crippen LogP contribution in [0.3, 0.4) is 0 Å². The fraction of sp³-hybridized carbons (Fsp3) is 0.214. The van der Waals surface area contributed by atoms with Crippen LogP contribution >= 0.6 is 12.2 Å². The molecule has 0 unspecified atom stereocenters. The lowest BCUT2D eigenvalue weighted by Crippen LogP contribution is -2.16. The minimum atomic E-state index is 0.447. The second-order valence-electron chi connectivity index (χ2n) is 4.73. The number of nitrogens with zero attached hydrogens (tertiary/aromatic N) is 4. The van der Waals surface area contributed by atoms with Crippen LogP contribution in [0, 0.1) is 0 Å². The summed E-state index contributed by atoms with van der Waals surface area (Å²) in [6, 6.07) is 10.0. The van der Waals surface area contributed by atoms with Gasteiger partial charge in [-0.2, -0.15) is 5.10 Å². The number of fused-ring (bicyclic) bond motifs is 1. The lowest BCUT2D eigenvalue weighted by molar-refractivity contribution is 0.700. The number of thiocarbonyl (C=S) groups is 1. The fourth-order valence-electron chi connectivity index (χ4n) is 2.30. The number of nitrogens with two attached hydrogens (primary N) is 1. The average Bonchev–Trinajstić information content (AvgIpc) is 2.95. The van der Waals surface area contributed by atoms with Crippen molar-refractivity contribution in [2.45, 2.75) is 13.0 Å². The number of rotatable bonds is 4. The second-order valence-corrected chi connectivity index (χ2v) is 5.25. The quantitative estimate of drug-likeness (QED) is 0.740. The van der Waals surface area contributed by atoms with Crippen LogP contribution in [0.1, 0.15) is 11.5 Å². The molecule has 0 bridgehead atoms. The van der Waals surface area contributed by atoms with Gasteiger partial charge in [-0.15, -0.1) is 0 Å². The molecule has 2 aromatic heterocycles. The highest BCUT2D eigenvalue weighted by molar-refractivity contribution is 7.80. The van der Waals surface area contributed by atoms with Gasteiger partial charge in [0.05, 0.1) is 34.7 Å². The number of hydrogen-bond donors (Lipinski definition) is 1. The molecule has 1 aromatic carbocycles. The van der Waals surface area contributed by atoms with Gasteiger partial charge in [0.1, 0.15) is 5.82 Å². The highest BCUT2D eigenvalue weighted by atomic mass is 32.1. The van der Waals surface area contributed by atoms with E-state index in [1.165, 1.54) is 0 Å². The van der Waals surface area contributed by atoms with E-state index >= 15 is 0 Å². The molecule has 5 nitrogen and oxygen atoms in total. The number of benzene rings is 1. The van der Waals surface area contributed by atoms with Gasteiger partial charge in [0.15, 0.2) is 0 Å². The monoisotopic (exact) mass is 285 g/mol. The van der Waals surface area contributed by atoms with E-state index in [0.717, 1.165) is 22.6 Å². The predicted octanol–water partition coefficient (Wildman–Crippen LogP) is 1.65. The Morgan fingerprint density at radius 3 is 2.80 bits per heavy atom. The van der Waals surface area contributed by atoms with E-state index in [-0.39, 0.29) is 0 Å². The highest BCUT2D eigenvalue weighted by Crippen LogP contribution is 2.18. The molecule has 0 aliphatic carbocycles. The summed E-state index contributed by atoms with van der Waals surface area (Å²) in [6.45, 7) is 0.666. The zero-order valence-corrected chi connectivity index (χ0v) is 12.0. The number of aromatic nitrogens is 4. The first-order valence-electron chi connectivity index (χ1n) is 6.34. The average molecular weight is 285 g/mol. The van der Waals surface area contributed by atoms with Crippen molar-refractivity contribution >= 4 is 28.2 Å². The second kappa shape index (κ2) is 5.05. The Morgan fingerprint density at radius 2 is 2.10 bits per heavy atom. The number of para-hydroxylation sites is 2. The molecule has 6 heteroatoms. The molecule has 0 spiro atoms. The van der Waals surface area contributed by atoms with Gasteiger partial charge < -0.3 is 10.3 Å². The van der Waals surface area contributed by atoms with E-state index in [9.17, 15) is 0 Å². The van der Waals surface area contributed by atoms with Crippen molar-refractivity contribution in [1.82, 2.24) is 19.3 Å². The fourth-order valence-corrected chi connectivity index (χ4v) is 2.43. The van der Waals surface area contributed by atoms with Crippen LogP contribution in [-0.4, -0.2) is 24.3 Å². The smallest absolute Gasteiger partial charge is 0.117 e. The highest BCUT2D eigenvalue weighted by Gasteiger charge is 2.12. The van der Waals surface area contributed by atoms with Gasteiger partial charge in [0, 0.05) is 13.2 Å². The third-order valence-corrected chi connectivity index (χ3v) is 3.30. The molecule has 0 saturated carbocycles. The van der Waals surface area contributed by atoms with Gasteiger partial charge in [-0.25, -0.2) is 4.98 Å². The van der Waals surface area contributed by atoms with Crippen LogP contribution < -0.4 is 5.73 Å². The van der Waals surface area contributed by atoms with Crippen molar-refractivity contribution in [3.05, 3.63) is 48.0 Å². The van der Waals surface area contributed by atoms with Crippen LogP contribution in [0.25, 0.3) is 11.0 Å². The Labute approximate surface area is 122 Å². The van der Waals surface area contributed by atoms with Gasteiger partial charge in [0.2, 0.25) is 0 Å². The van der Waals surface area contributed by atoms with Gasteiger partial charge in [-0.3, -0.25) is 4.68 Å². The first kappa shape index (κ1) is 12.8. The number of hydrogen-bond acceptors (Lipinski definition) is 3. The molecule has 2 heterocycles. The molecule has 0 aliphatic rings. The van der Waals surface area contributed by atoms with Crippen LogP contribution in [0.15, 0.2) is 36.5 Å². The van der Waals surface area contributed by atoms with E-state index in [1.807, 2.05) is 43.6 Å². The lowest BCUT2D eigenvalue weighted by atomic mass is 10.3. The molecular formula is C14H15N5S. The van der Waals surface area contributed by atoms with E-state index in [0.29, 0.717) is 18.0 Å². The maximum atomic E-state index is 5.67. The predicted molar refractivity (Wildman–Crippen MR) is 82.5 cm³/mol. The first-order valence-corrected chi connectivity index (χ1v) is 6.75. The van der Waals surface area contributed by atoms with Crippen molar-refractivity contribution in [2.24, 2.45) is 12.8 Å². The van der Waals surface area contributed by atoms with Gasteiger partial charge in [-0.1, -0.05) is 24.4 Å². The molecule has 2 N–H and O–H groups in total. The first-order chi connectivity index (χ1) is 9.63. The van der Waals surface area contributed by atoms with Crippen LogP contribution in [0.2, 0.25) is 0 Å². The number of aryl methyl sites for hydroxylation is 1. The number of imidazole rings is 1.